The molecule has 0 bridgehead atoms. The van der Waals surface area contributed by atoms with Gasteiger partial charge in [0.05, 0.1) is 12.1 Å². The number of methoxy groups -OCH3 is 1. The molecule has 0 heterocycles. The Morgan fingerprint density at radius 2 is 2.19 bits per heavy atom. The van der Waals surface area contributed by atoms with Crippen molar-refractivity contribution in [2.45, 2.75) is 26.2 Å². The van der Waals surface area contributed by atoms with Gasteiger partial charge in [0, 0.05) is 6.42 Å². The molecule has 16 heavy (non-hydrogen) atoms. The molecule has 0 radical (unpaired) electrons. The van der Waals surface area contributed by atoms with Crippen LogP contribution in [-0.2, 0) is 11.2 Å². The second-order valence-corrected chi connectivity index (χ2v) is 4.01. The molecule has 1 N–H and O–H groups in total. The molecule has 0 fully saturated rings. The van der Waals surface area contributed by atoms with Gasteiger partial charge in [-0.15, -0.1) is 0 Å². The monoisotopic (exact) mass is 242 g/mol. The zero-order valence-electron chi connectivity index (χ0n) is 9.42. The number of halogens is 1. The van der Waals surface area contributed by atoms with E-state index in [-0.39, 0.29) is 6.42 Å². The van der Waals surface area contributed by atoms with Gasteiger partial charge in [-0.05, 0) is 30.9 Å². The molecule has 0 aliphatic carbocycles. The van der Waals surface area contributed by atoms with Gasteiger partial charge in [0.15, 0.2) is 0 Å². The summed E-state index contributed by atoms with van der Waals surface area (Å²) in [5.41, 5.74) is 1.92. The van der Waals surface area contributed by atoms with Crippen molar-refractivity contribution >= 4 is 17.6 Å². The number of carboxylic acid groups (broad SMARTS) is 1. The molecule has 0 aromatic heterocycles. The number of carbonyl (C=O) groups is 1. The van der Waals surface area contributed by atoms with Crippen molar-refractivity contribution < 1.29 is 14.6 Å². The fourth-order valence-electron chi connectivity index (χ4n) is 1.57. The van der Waals surface area contributed by atoms with Crippen LogP contribution in [-0.4, -0.2) is 18.2 Å². The Balaban J connectivity index is 2.77. The van der Waals surface area contributed by atoms with Crippen LogP contribution >= 0.6 is 11.6 Å². The maximum absolute atomic E-state index is 10.4. The molecular weight excluding hydrogens is 228 g/mol. The Morgan fingerprint density at radius 3 is 2.75 bits per heavy atom. The smallest absolute Gasteiger partial charge is 0.303 e. The van der Waals surface area contributed by atoms with E-state index in [0.29, 0.717) is 23.6 Å². The zero-order chi connectivity index (χ0) is 12.1. The van der Waals surface area contributed by atoms with E-state index in [1.165, 1.54) is 0 Å². The van der Waals surface area contributed by atoms with Crippen molar-refractivity contribution in [1.82, 2.24) is 0 Å². The maximum atomic E-state index is 10.4. The fourth-order valence-corrected chi connectivity index (χ4v) is 1.95. The topological polar surface area (TPSA) is 46.5 Å². The molecule has 0 unspecified atom stereocenters. The van der Waals surface area contributed by atoms with Gasteiger partial charge < -0.3 is 9.84 Å². The van der Waals surface area contributed by atoms with Gasteiger partial charge in [-0.25, -0.2) is 0 Å². The minimum atomic E-state index is -0.782. The number of ether oxygens (including phenoxy) is 1. The fraction of sp³-hybridized carbons (Fsp3) is 0.417. The van der Waals surface area contributed by atoms with Crippen LogP contribution in [0.2, 0.25) is 5.02 Å². The first-order chi connectivity index (χ1) is 7.56. The minimum Gasteiger partial charge on any atom is -0.495 e. The summed E-state index contributed by atoms with van der Waals surface area (Å²) < 4.78 is 5.20. The predicted octanol–water partition coefficient (Wildman–Crippen LogP) is 3.06. The molecule has 88 valence electrons. The molecule has 1 rings (SSSR count). The van der Waals surface area contributed by atoms with Gasteiger partial charge in [0.25, 0.3) is 0 Å². The highest BCUT2D eigenvalue weighted by atomic mass is 35.5. The molecular formula is C12H15ClO3. The number of hydrogen-bond donors (Lipinski definition) is 1. The Labute approximate surface area is 100.0 Å². The summed E-state index contributed by atoms with van der Waals surface area (Å²) in [4.78, 5) is 10.4. The number of aliphatic carboxylic acids is 1. The van der Waals surface area contributed by atoms with Crippen molar-refractivity contribution in [3.63, 3.8) is 0 Å². The number of hydrogen-bond acceptors (Lipinski definition) is 2. The van der Waals surface area contributed by atoms with Crippen LogP contribution in [0.4, 0.5) is 0 Å². The lowest BCUT2D eigenvalue weighted by atomic mass is 10.1. The lowest BCUT2D eigenvalue weighted by Gasteiger charge is -2.10. The third-order valence-corrected chi connectivity index (χ3v) is 2.83. The van der Waals surface area contributed by atoms with Crippen molar-refractivity contribution in [2.24, 2.45) is 0 Å². The molecule has 1 aromatic rings. The normalized spacial score (nSPS) is 10.2. The van der Waals surface area contributed by atoms with E-state index < -0.39 is 5.97 Å². The lowest BCUT2D eigenvalue weighted by molar-refractivity contribution is -0.137. The summed E-state index contributed by atoms with van der Waals surface area (Å²) in [6.07, 6.45) is 1.40. The minimum absolute atomic E-state index is 0.159. The highest BCUT2D eigenvalue weighted by Crippen LogP contribution is 2.32. The second kappa shape index (κ2) is 5.75. The summed E-state index contributed by atoms with van der Waals surface area (Å²) in [7, 11) is 1.58. The van der Waals surface area contributed by atoms with Gasteiger partial charge in [-0.3, -0.25) is 4.79 Å². The highest BCUT2D eigenvalue weighted by Gasteiger charge is 2.09. The predicted molar refractivity (Wildman–Crippen MR) is 63.3 cm³/mol. The Hall–Kier alpha value is -1.22. The highest BCUT2D eigenvalue weighted by molar-refractivity contribution is 6.33. The third kappa shape index (κ3) is 3.14. The number of carboxylic acids is 1. The Kier molecular flexibility index (Phi) is 4.62. The quantitative estimate of drug-likeness (QED) is 0.863. The zero-order valence-corrected chi connectivity index (χ0v) is 10.2. The largest absolute Gasteiger partial charge is 0.495 e. The van der Waals surface area contributed by atoms with Crippen LogP contribution < -0.4 is 4.74 Å². The van der Waals surface area contributed by atoms with Gasteiger partial charge in [0.2, 0.25) is 0 Å². The van der Waals surface area contributed by atoms with Gasteiger partial charge >= 0.3 is 5.97 Å². The average Bonchev–Trinajstić information content (AvgIpc) is 2.22. The van der Waals surface area contributed by atoms with Crippen molar-refractivity contribution in [1.29, 1.82) is 0 Å². The van der Waals surface area contributed by atoms with Crippen molar-refractivity contribution in [3.05, 3.63) is 28.3 Å². The first kappa shape index (κ1) is 12.8. The lowest BCUT2D eigenvalue weighted by Crippen LogP contribution is -1.98. The standard InChI is InChI=1S/C12H15ClO3/c1-8-6-7-9(4-3-5-10(14)15)11(13)12(8)16-2/h6-7H,3-5H2,1-2H3,(H,14,15). The Morgan fingerprint density at radius 1 is 1.50 bits per heavy atom. The summed E-state index contributed by atoms with van der Waals surface area (Å²) in [6.45, 7) is 1.92. The number of benzene rings is 1. The molecule has 3 nitrogen and oxygen atoms in total. The van der Waals surface area contributed by atoms with Crippen LogP contribution in [0.5, 0.6) is 5.75 Å². The van der Waals surface area contributed by atoms with Crippen molar-refractivity contribution in [3.8, 4) is 5.75 Å². The molecule has 0 amide bonds. The number of aryl methyl sites for hydroxylation is 2. The van der Waals surface area contributed by atoms with Crippen LogP contribution in [0.1, 0.15) is 24.0 Å². The third-order valence-electron chi connectivity index (χ3n) is 2.41. The summed E-state index contributed by atoms with van der Waals surface area (Å²) in [6, 6.07) is 3.85. The van der Waals surface area contributed by atoms with E-state index in [4.69, 9.17) is 21.4 Å². The molecule has 1 aromatic carbocycles. The van der Waals surface area contributed by atoms with Crippen LogP contribution in [0.3, 0.4) is 0 Å². The van der Waals surface area contributed by atoms with E-state index in [9.17, 15) is 4.79 Å². The molecule has 0 saturated heterocycles. The van der Waals surface area contributed by atoms with E-state index in [1.54, 1.807) is 7.11 Å². The van der Waals surface area contributed by atoms with Gasteiger partial charge in [-0.2, -0.15) is 0 Å². The molecule has 0 aliphatic heterocycles. The molecule has 0 spiro atoms. The first-order valence-electron chi connectivity index (χ1n) is 5.10. The molecule has 0 saturated carbocycles. The summed E-state index contributed by atoms with van der Waals surface area (Å²) in [5.74, 6) is -0.107. The van der Waals surface area contributed by atoms with Crippen LogP contribution in [0.15, 0.2) is 12.1 Å². The van der Waals surface area contributed by atoms with E-state index >= 15 is 0 Å². The summed E-state index contributed by atoms with van der Waals surface area (Å²) >= 11 is 6.16. The van der Waals surface area contributed by atoms with Crippen LogP contribution in [0, 0.1) is 6.92 Å². The second-order valence-electron chi connectivity index (χ2n) is 3.64. The van der Waals surface area contributed by atoms with Crippen LogP contribution in [0.25, 0.3) is 0 Å². The maximum Gasteiger partial charge on any atom is 0.303 e. The van der Waals surface area contributed by atoms with Gasteiger partial charge in [0.1, 0.15) is 5.75 Å². The number of rotatable bonds is 5. The van der Waals surface area contributed by atoms with Crippen molar-refractivity contribution in [2.75, 3.05) is 7.11 Å². The first-order valence-corrected chi connectivity index (χ1v) is 5.47. The molecule has 4 heteroatoms. The molecule has 0 aliphatic rings. The Bertz CT molecular complexity index is 388. The van der Waals surface area contributed by atoms with E-state index in [2.05, 4.69) is 0 Å². The summed E-state index contributed by atoms with van der Waals surface area (Å²) in [5, 5.41) is 9.14. The van der Waals surface area contributed by atoms with E-state index in [0.717, 1.165) is 11.1 Å². The molecule has 0 atom stereocenters. The van der Waals surface area contributed by atoms with E-state index in [1.807, 2.05) is 19.1 Å². The SMILES string of the molecule is COc1c(C)ccc(CCCC(=O)O)c1Cl. The average molecular weight is 243 g/mol. The van der Waals surface area contributed by atoms with Gasteiger partial charge in [-0.1, -0.05) is 23.7 Å².